The van der Waals surface area contributed by atoms with Gasteiger partial charge in [0.25, 0.3) is 0 Å². The first-order chi connectivity index (χ1) is 8.30. The molecule has 0 amide bonds. The van der Waals surface area contributed by atoms with Crippen LogP contribution in [0.5, 0.6) is 0 Å². The van der Waals surface area contributed by atoms with Crippen molar-refractivity contribution in [3.8, 4) is 0 Å². The Balaban J connectivity index is 2.39. The molecule has 0 aliphatic heterocycles. The van der Waals surface area contributed by atoms with E-state index in [1.54, 1.807) is 13.0 Å². The molecule has 5 heteroatoms. The van der Waals surface area contributed by atoms with Crippen LogP contribution in [-0.2, 0) is 6.54 Å². The van der Waals surface area contributed by atoms with E-state index >= 15 is 0 Å². The van der Waals surface area contributed by atoms with Crippen LogP contribution in [0, 0.1) is 5.92 Å². The van der Waals surface area contributed by atoms with Gasteiger partial charge in [-0.15, -0.1) is 0 Å². The maximum Gasteiger partial charge on any atom is 0.371 e. The smallest absolute Gasteiger partial charge is 0.371 e. The number of carbonyl (C=O) groups is 1. The molecule has 0 aliphatic carbocycles. The molecule has 0 spiro atoms. The summed E-state index contributed by atoms with van der Waals surface area (Å²) in [5.74, 6) is -0.175. The first kappa shape index (κ1) is 14.7. The van der Waals surface area contributed by atoms with Gasteiger partial charge in [-0.1, -0.05) is 13.8 Å². The molecular formula is C13H21NO4. The van der Waals surface area contributed by atoms with Crippen molar-refractivity contribution in [3.63, 3.8) is 0 Å². The highest BCUT2D eigenvalue weighted by Gasteiger charge is 2.21. The van der Waals surface area contributed by atoms with Gasteiger partial charge < -0.3 is 19.9 Å². The van der Waals surface area contributed by atoms with Crippen LogP contribution in [-0.4, -0.2) is 28.3 Å². The van der Waals surface area contributed by atoms with Gasteiger partial charge in [-0.2, -0.15) is 0 Å². The van der Waals surface area contributed by atoms with Crippen LogP contribution in [0.1, 0.15) is 43.5 Å². The zero-order valence-corrected chi connectivity index (χ0v) is 11.1. The molecule has 0 bridgehead atoms. The van der Waals surface area contributed by atoms with Crippen molar-refractivity contribution in [1.29, 1.82) is 0 Å². The molecule has 1 aromatic heterocycles. The Labute approximate surface area is 107 Å². The van der Waals surface area contributed by atoms with Crippen molar-refractivity contribution in [2.75, 3.05) is 6.54 Å². The van der Waals surface area contributed by atoms with Gasteiger partial charge in [0.2, 0.25) is 5.76 Å². The molecule has 0 aliphatic rings. The van der Waals surface area contributed by atoms with Crippen molar-refractivity contribution in [1.82, 2.24) is 5.32 Å². The molecule has 1 heterocycles. The lowest BCUT2D eigenvalue weighted by molar-refractivity contribution is 0.0378. The summed E-state index contributed by atoms with van der Waals surface area (Å²) in [6.45, 7) is 6.74. The second-order valence-corrected chi connectivity index (χ2v) is 5.27. The third-order valence-electron chi connectivity index (χ3n) is 2.53. The first-order valence-corrected chi connectivity index (χ1v) is 6.05. The molecule has 1 unspecified atom stereocenters. The standard InChI is InChI=1S/C13H21NO4/c1-9(2)6-13(3,17)8-14-7-10-4-5-11(18-10)12(15)16/h4-5,9,14,17H,6-8H2,1-3H3,(H,15,16). The SMILES string of the molecule is CC(C)CC(C)(O)CNCc1ccc(C(=O)O)o1. The Bertz CT molecular complexity index is 395. The predicted molar refractivity (Wildman–Crippen MR) is 67.5 cm³/mol. The molecular weight excluding hydrogens is 234 g/mol. The Morgan fingerprint density at radius 1 is 1.50 bits per heavy atom. The van der Waals surface area contributed by atoms with E-state index in [0.717, 1.165) is 0 Å². The molecule has 3 N–H and O–H groups in total. The summed E-state index contributed by atoms with van der Waals surface area (Å²) >= 11 is 0. The molecule has 5 nitrogen and oxygen atoms in total. The van der Waals surface area contributed by atoms with Crippen molar-refractivity contribution in [2.45, 2.75) is 39.3 Å². The summed E-state index contributed by atoms with van der Waals surface area (Å²) in [6.07, 6.45) is 0.707. The second kappa shape index (κ2) is 6.02. The number of aromatic carboxylic acids is 1. The van der Waals surface area contributed by atoms with Gasteiger partial charge in [-0.05, 0) is 31.4 Å². The highest BCUT2D eigenvalue weighted by molar-refractivity contribution is 5.84. The lowest BCUT2D eigenvalue weighted by atomic mass is 9.94. The van der Waals surface area contributed by atoms with Crippen LogP contribution in [0.25, 0.3) is 0 Å². The van der Waals surface area contributed by atoms with E-state index in [1.807, 2.05) is 0 Å². The minimum absolute atomic E-state index is 0.0688. The molecule has 1 rings (SSSR count). The first-order valence-electron chi connectivity index (χ1n) is 6.05. The number of nitrogens with one attached hydrogen (secondary N) is 1. The van der Waals surface area contributed by atoms with Gasteiger partial charge >= 0.3 is 5.97 Å². The van der Waals surface area contributed by atoms with Crippen molar-refractivity contribution in [2.24, 2.45) is 5.92 Å². The van der Waals surface area contributed by atoms with Gasteiger partial charge in [-0.3, -0.25) is 0 Å². The quantitative estimate of drug-likeness (QED) is 0.692. The van der Waals surface area contributed by atoms with E-state index < -0.39 is 11.6 Å². The summed E-state index contributed by atoms with van der Waals surface area (Å²) in [4.78, 5) is 10.6. The number of carboxylic acids is 1. The highest BCUT2D eigenvalue weighted by Crippen LogP contribution is 2.15. The van der Waals surface area contributed by atoms with Gasteiger partial charge in [0.05, 0.1) is 12.1 Å². The van der Waals surface area contributed by atoms with Crippen LogP contribution in [0.2, 0.25) is 0 Å². The molecule has 0 saturated carbocycles. The largest absolute Gasteiger partial charge is 0.475 e. The Morgan fingerprint density at radius 2 is 2.17 bits per heavy atom. The maximum atomic E-state index is 10.6. The van der Waals surface area contributed by atoms with E-state index in [1.165, 1.54) is 6.07 Å². The molecule has 18 heavy (non-hydrogen) atoms. The third kappa shape index (κ3) is 4.89. The number of rotatable bonds is 7. The van der Waals surface area contributed by atoms with Gasteiger partial charge in [-0.25, -0.2) is 4.79 Å². The fourth-order valence-electron chi connectivity index (χ4n) is 1.99. The monoisotopic (exact) mass is 255 g/mol. The Morgan fingerprint density at radius 3 is 2.67 bits per heavy atom. The summed E-state index contributed by atoms with van der Waals surface area (Å²) in [6, 6.07) is 3.04. The zero-order valence-electron chi connectivity index (χ0n) is 11.1. The second-order valence-electron chi connectivity index (χ2n) is 5.27. The van der Waals surface area contributed by atoms with Crippen LogP contribution in [0.3, 0.4) is 0 Å². The minimum atomic E-state index is -1.08. The molecule has 0 aromatic carbocycles. The number of aliphatic hydroxyl groups is 1. The Kier molecular flexibility index (Phi) is 4.93. The van der Waals surface area contributed by atoms with Crippen LogP contribution >= 0.6 is 0 Å². The minimum Gasteiger partial charge on any atom is -0.475 e. The fourth-order valence-corrected chi connectivity index (χ4v) is 1.99. The zero-order chi connectivity index (χ0) is 13.8. The van der Waals surface area contributed by atoms with Gasteiger partial charge in [0.15, 0.2) is 0 Å². The van der Waals surface area contributed by atoms with E-state index in [4.69, 9.17) is 9.52 Å². The summed E-state index contributed by atoms with van der Waals surface area (Å²) in [5.41, 5.74) is -0.767. The number of carboxylic acid groups (broad SMARTS) is 1. The highest BCUT2D eigenvalue weighted by atomic mass is 16.4. The molecule has 0 radical (unpaired) electrons. The van der Waals surface area contributed by atoms with Crippen LogP contribution < -0.4 is 5.32 Å². The van der Waals surface area contributed by atoms with E-state index in [9.17, 15) is 9.90 Å². The molecule has 1 atom stereocenters. The predicted octanol–water partition coefficient (Wildman–Crippen LogP) is 1.86. The van der Waals surface area contributed by atoms with E-state index in [-0.39, 0.29) is 5.76 Å². The summed E-state index contributed by atoms with van der Waals surface area (Å²) in [7, 11) is 0. The number of hydrogen-bond donors (Lipinski definition) is 3. The summed E-state index contributed by atoms with van der Waals surface area (Å²) in [5, 5.41) is 21.8. The topological polar surface area (TPSA) is 82.7 Å². The Hall–Kier alpha value is -1.33. The van der Waals surface area contributed by atoms with Crippen molar-refractivity contribution >= 4 is 5.97 Å². The molecule has 0 saturated heterocycles. The normalized spacial score (nSPS) is 14.7. The van der Waals surface area contributed by atoms with Crippen LogP contribution in [0.15, 0.2) is 16.5 Å². The van der Waals surface area contributed by atoms with E-state index in [0.29, 0.717) is 31.2 Å². The van der Waals surface area contributed by atoms with Gasteiger partial charge in [0, 0.05) is 6.54 Å². The number of hydrogen-bond acceptors (Lipinski definition) is 4. The molecule has 0 fully saturated rings. The van der Waals surface area contributed by atoms with Gasteiger partial charge in [0.1, 0.15) is 5.76 Å². The summed E-state index contributed by atoms with van der Waals surface area (Å²) < 4.78 is 5.10. The molecule has 1 aromatic rings. The third-order valence-corrected chi connectivity index (χ3v) is 2.53. The number of furan rings is 1. The fraction of sp³-hybridized carbons (Fsp3) is 0.615. The van der Waals surface area contributed by atoms with Crippen molar-refractivity contribution in [3.05, 3.63) is 23.7 Å². The molecule has 102 valence electrons. The lowest BCUT2D eigenvalue weighted by Crippen LogP contribution is -2.38. The maximum absolute atomic E-state index is 10.6. The van der Waals surface area contributed by atoms with Crippen molar-refractivity contribution < 1.29 is 19.4 Å². The average molecular weight is 255 g/mol. The van der Waals surface area contributed by atoms with E-state index in [2.05, 4.69) is 19.2 Å². The van der Waals surface area contributed by atoms with Crippen LogP contribution in [0.4, 0.5) is 0 Å². The average Bonchev–Trinajstić information content (AvgIpc) is 2.63. The lowest BCUT2D eigenvalue weighted by Gasteiger charge is -2.25.